The van der Waals surface area contributed by atoms with Gasteiger partial charge in [0.25, 0.3) is 5.56 Å². The molecule has 0 radical (unpaired) electrons. The monoisotopic (exact) mass is 350 g/mol. The van der Waals surface area contributed by atoms with E-state index in [9.17, 15) is 23.4 Å². The second kappa shape index (κ2) is 9.57. The van der Waals surface area contributed by atoms with Crippen LogP contribution in [0.25, 0.3) is 0 Å². The van der Waals surface area contributed by atoms with Crippen LogP contribution < -0.4 is 11.2 Å². The van der Waals surface area contributed by atoms with Crippen molar-refractivity contribution in [3.05, 3.63) is 45.0 Å². The summed E-state index contributed by atoms with van der Waals surface area (Å²) in [5.74, 6) is -1.08. The number of rotatable bonds is 10. The second-order valence-corrected chi connectivity index (χ2v) is 6.46. The molecule has 0 saturated heterocycles. The largest absolute Gasteiger partial charge is 0.382 e. The predicted molar refractivity (Wildman–Crippen MR) is 82.2 cm³/mol. The first-order valence-corrected chi connectivity index (χ1v) is 8.80. The van der Waals surface area contributed by atoms with Crippen LogP contribution in [0.1, 0.15) is 13.3 Å². The maximum Gasteiger partial charge on any atom is 0.331 e. The van der Waals surface area contributed by atoms with Gasteiger partial charge in [0.15, 0.2) is 0 Å². The SMILES string of the molecule is CCOCCCOP(=O)(O)CC=CCn1cc(F)c(=O)[nH]c1=O. The fourth-order valence-electron chi connectivity index (χ4n) is 1.58. The molecule has 0 aliphatic rings. The highest BCUT2D eigenvalue weighted by atomic mass is 31.2. The van der Waals surface area contributed by atoms with Gasteiger partial charge >= 0.3 is 13.3 Å². The summed E-state index contributed by atoms with van der Waals surface area (Å²) in [6.07, 6.45) is 3.81. The molecular weight excluding hydrogens is 330 g/mol. The maximum absolute atomic E-state index is 13.0. The molecule has 130 valence electrons. The molecule has 1 heterocycles. The molecule has 8 nitrogen and oxygen atoms in total. The highest BCUT2D eigenvalue weighted by molar-refractivity contribution is 7.53. The number of ether oxygens (including phenoxy) is 1. The van der Waals surface area contributed by atoms with Gasteiger partial charge in [-0.15, -0.1) is 0 Å². The molecule has 0 aliphatic carbocycles. The van der Waals surface area contributed by atoms with Crippen molar-refractivity contribution in [2.45, 2.75) is 19.9 Å². The maximum atomic E-state index is 13.0. The van der Waals surface area contributed by atoms with Gasteiger partial charge in [0.05, 0.1) is 19.0 Å². The summed E-state index contributed by atoms with van der Waals surface area (Å²) in [7, 11) is -3.75. The number of halogens is 1. The minimum atomic E-state index is -3.75. The average molecular weight is 350 g/mol. The molecule has 2 N–H and O–H groups in total. The van der Waals surface area contributed by atoms with Crippen molar-refractivity contribution in [2.24, 2.45) is 0 Å². The number of H-pyrrole nitrogens is 1. The van der Waals surface area contributed by atoms with Crippen LogP contribution in [0, 0.1) is 5.82 Å². The van der Waals surface area contributed by atoms with Gasteiger partial charge in [-0.3, -0.25) is 18.9 Å². The van der Waals surface area contributed by atoms with E-state index in [1.165, 1.54) is 12.2 Å². The Balaban J connectivity index is 2.43. The van der Waals surface area contributed by atoms with E-state index in [1.54, 1.807) is 0 Å². The summed E-state index contributed by atoms with van der Waals surface area (Å²) in [6.45, 7) is 2.93. The first-order valence-electron chi connectivity index (χ1n) is 7.04. The van der Waals surface area contributed by atoms with E-state index < -0.39 is 24.7 Å². The Morgan fingerprint density at radius 2 is 2.13 bits per heavy atom. The Kier molecular flexibility index (Phi) is 8.11. The van der Waals surface area contributed by atoms with Crippen LogP contribution in [0.4, 0.5) is 4.39 Å². The molecular formula is C13H20FN2O6P. The van der Waals surface area contributed by atoms with Gasteiger partial charge in [-0.05, 0) is 13.3 Å². The average Bonchev–Trinajstić information content (AvgIpc) is 2.48. The van der Waals surface area contributed by atoms with Gasteiger partial charge in [-0.2, -0.15) is 4.39 Å². The lowest BCUT2D eigenvalue weighted by atomic mass is 10.5. The quantitative estimate of drug-likeness (QED) is 0.368. The minimum absolute atomic E-state index is 0.0448. The number of aromatic nitrogens is 2. The molecule has 0 spiro atoms. The predicted octanol–water partition coefficient (Wildman–Crippen LogP) is 0.860. The smallest absolute Gasteiger partial charge is 0.331 e. The van der Waals surface area contributed by atoms with Crippen LogP contribution in [0.5, 0.6) is 0 Å². The Hall–Kier alpha value is -1.54. The third-order valence-electron chi connectivity index (χ3n) is 2.70. The molecule has 1 unspecified atom stereocenters. The van der Waals surface area contributed by atoms with E-state index in [0.717, 1.165) is 10.8 Å². The summed E-state index contributed by atoms with van der Waals surface area (Å²) < 4.78 is 35.6. The lowest BCUT2D eigenvalue weighted by molar-refractivity contribution is 0.128. The van der Waals surface area contributed by atoms with Crippen molar-refractivity contribution in [2.75, 3.05) is 26.0 Å². The van der Waals surface area contributed by atoms with Gasteiger partial charge in [0.2, 0.25) is 5.82 Å². The number of hydrogen-bond donors (Lipinski definition) is 2. The zero-order valence-corrected chi connectivity index (χ0v) is 13.6. The molecule has 1 rings (SSSR count). The standard InChI is InChI=1S/C13H20FN2O6P/c1-2-21-7-5-8-22-23(19,20)9-4-3-6-16-10-11(14)12(17)15-13(16)18/h3-4,10H,2,5-9H2,1H3,(H,19,20)(H,15,17,18). The minimum Gasteiger partial charge on any atom is -0.382 e. The van der Waals surface area contributed by atoms with Crippen LogP contribution in [-0.2, 0) is 20.4 Å². The first kappa shape index (κ1) is 19.5. The van der Waals surface area contributed by atoms with Crippen LogP contribution >= 0.6 is 7.60 Å². The fraction of sp³-hybridized carbons (Fsp3) is 0.538. The fourth-order valence-corrected chi connectivity index (χ4v) is 2.51. The molecule has 0 amide bonds. The van der Waals surface area contributed by atoms with E-state index in [-0.39, 0.29) is 19.3 Å². The summed E-state index contributed by atoms with van der Waals surface area (Å²) in [6, 6.07) is 0. The number of aromatic amines is 1. The van der Waals surface area contributed by atoms with E-state index in [0.29, 0.717) is 19.6 Å². The lowest BCUT2D eigenvalue weighted by Crippen LogP contribution is -2.31. The molecule has 0 fully saturated rings. The van der Waals surface area contributed by atoms with Crippen LogP contribution in [0.2, 0.25) is 0 Å². The molecule has 0 aromatic carbocycles. The highest BCUT2D eigenvalue weighted by Gasteiger charge is 2.16. The van der Waals surface area contributed by atoms with Crippen LogP contribution in [0.3, 0.4) is 0 Å². The van der Waals surface area contributed by atoms with Crippen molar-refractivity contribution < 1.29 is 23.1 Å². The Morgan fingerprint density at radius 1 is 1.39 bits per heavy atom. The Morgan fingerprint density at radius 3 is 2.83 bits per heavy atom. The van der Waals surface area contributed by atoms with E-state index in [4.69, 9.17) is 9.26 Å². The lowest BCUT2D eigenvalue weighted by Gasteiger charge is -2.10. The summed E-state index contributed by atoms with van der Waals surface area (Å²) in [5, 5.41) is 0. The van der Waals surface area contributed by atoms with Gasteiger partial charge in [0, 0.05) is 19.8 Å². The van der Waals surface area contributed by atoms with E-state index >= 15 is 0 Å². The van der Waals surface area contributed by atoms with Gasteiger partial charge in [-0.1, -0.05) is 12.2 Å². The Labute approximate surface area is 132 Å². The summed E-state index contributed by atoms with van der Waals surface area (Å²) in [5.41, 5.74) is -1.85. The molecule has 0 saturated carbocycles. The number of hydrogen-bond acceptors (Lipinski definition) is 5. The Bertz CT molecular complexity index is 684. The molecule has 0 bridgehead atoms. The molecule has 0 aliphatic heterocycles. The third-order valence-corrected chi connectivity index (χ3v) is 3.96. The van der Waals surface area contributed by atoms with Crippen molar-refractivity contribution in [3.8, 4) is 0 Å². The summed E-state index contributed by atoms with van der Waals surface area (Å²) >= 11 is 0. The molecule has 23 heavy (non-hydrogen) atoms. The molecule has 1 atom stereocenters. The first-order chi connectivity index (χ1) is 10.9. The molecule has 10 heteroatoms. The third kappa shape index (κ3) is 7.51. The number of allylic oxidation sites excluding steroid dienone is 2. The molecule has 1 aromatic heterocycles. The van der Waals surface area contributed by atoms with Crippen LogP contribution in [-0.4, -0.2) is 40.4 Å². The van der Waals surface area contributed by atoms with E-state index in [1.807, 2.05) is 11.9 Å². The second-order valence-electron chi connectivity index (χ2n) is 4.56. The zero-order chi connectivity index (χ0) is 17.3. The summed E-state index contributed by atoms with van der Waals surface area (Å²) in [4.78, 5) is 33.6. The van der Waals surface area contributed by atoms with Gasteiger partial charge in [-0.25, -0.2) is 4.79 Å². The van der Waals surface area contributed by atoms with Crippen molar-refractivity contribution >= 4 is 7.60 Å². The van der Waals surface area contributed by atoms with E-state index in [2.05, 4.69) is 0 Å². The van der Waals surface area contributed by atoms with Crippen molar-refractivity contribution in [1.82, 2.24) is 9.55 Å². The zero-order valence-electron chi connectivity index (χ0n) is 12.7. The van der Waals surface area contributed by atoms with Gasteiger partial charge < -0.3 is 14.2 Å². The van der Waals surface area contributed by atoms with Crippen molar-refractivity contribution in [3.63, 3.8) is 0 Å². The van der Waals surface area contributed by atoms with Crippen LogP contribution in [0.15, 0.2) is 27.9 Å². The normalized spacial score (nSPS) is 14.2. The highest BCUT2D eigenvalue weighted by Crippen LogP contribution is 2.41. The van der Waals surface area contributed by atoms with Gasteiger partial charge in [0.1, 0.15) is 0 Å². The number of nitrogens with one attached hydrogen (secondary N) is 1. The number of nitrogens with zero attached hydrogens (tertiary/aromatic N) is 1. The van der Waals surface area contributed by atoms with Crippen molar-refractivity contribution in [1.29, 1.82) is 0 Å². The topological polar surface area (TPSA) is 111 Å². The molecule has 1 aromatic rings.